The van der Waals surface area contributed by atoms with Crippen LogP contribution in [0.1, 0.15) is 32.6 Å². The van der Waals surface area contributed by atoms with Crippen LogP contribution in [0.25, 0.3) is 0 Å². The topological polar surface area (TPSA) is 220 Å². The molecule has 154 valence electrons. The van der Waals surface area contributed by atoms with Gasteiger partial charge in [-0.15, -0.1) is 0 Å². The van der Waals surface area contributed by atoms with Crippen LogP contribution in [-0.2, 0) is 24.0 Å². The van der Waals surface area contributed by atoms with Gasteiger partial charge in [-0.05, 0) is 32.7 Å². The molecule has 0 aliphatic carbocycles. The summed E-state index contributed by atoms with van der Waals surface area (Å²) in [5.41, 5.74) is 15.6. The first-order chi connectivity index (χ1) is 12.6. The van der Waals surface area contributed by atoms with E-state index in [0.717, 1.165) is 0 Å². The lowest BCUT2D eigenvalue weighted by Crippen LogP contribution is -2.55. The van der Waals surface area contributed by atoms with Gasteiger partial charge in [0.1, 0.15) is 18.1 Å². The van der Waals surface area contributed by atoms with E-state index in [9.17, 15) is 24.0 Å². The number of nitrogens with one attached hydrogen (secondary N) is 3. The maximum absolute atomic E-state index is 12.3. The van der Waals surface area contributed by atoms with Crippen molar-refractivity contribution in [3.05, 3.63) is 0 Å². The van der Waals surface area contributed by atoms with Crippen molar-refractivity contribution in [2.24, 2.45) is 17.2 Å². The number of unbranched alkanes of at least 4 members (excludes halogenated alkanes) is 1. The third-order valence-corrected chi connectivity index (χ3v) is 3.56. The molecule has 0 rings (SSSR count). The van der Waals surface area contributed by atoms with E-state index in [2.05, 4.69) is 16.0 Å². The smallest absolute Gasteiger partial charge is 0.326 e. The Bertz CT molecular complexity index is 555. The number of primary amides is 1. The van der Waals surface area contributed by atoms with Gasteiger partial charge in [-0.25, -0.2) is 4.79 Å². The van der Waals surface area contributed by atoms with Crippen LogP contribution in [0, 0.1) is 0 Å². The van der Waals surface area contributed by atoms with Gasteiger partial charge < -0.3 is 38.3 Å². The van der Waals surface area contributed by atoms with E-state index in [0.29, 0.717) is 25.8 Å². The molecule has 4 amide bonds. The van der Waals surface area contributed by atoms with Crippen molar-refractivity contribution < 1.29 is 29.1 Å². The highest BCUT2D eigenvalue weighted by Gasteiger charge is 2.27. The van der Waals surface area contributed by atoms with Gasteiger partial charge in [0.15, 0.2) is 0 Å². The van der Waals surface area contributed by atoms with Crippen molar-refractivity contribution in [1.82, 2.24) is 16.0 Å². The number of amides is 4. The second-order valence-electron chi connectivity index (χ2n) is 5.91. The molecule has 0 aliphatic rings. The minimum atomic E-state index is -1.51. The minimum Gasteiger partial charge on any atom is -0.480 e. The molecule has 0 heterocycles. The molecule has 0 fully saturated rings. The summed E-state index contributed by atoms with van der Waals surface area (Å²) in [6.45, 7) is 1.46. The summed E-state index contributed by atoms with van der Waals surface area (Å²) in [7, 11) is 0. The summed E-state index contributed by atoms with van der Waals surface area (Å²) in [5.74, 6) is -4.31. The Morgan fingerprint density at radius 1 is 0.926 bits per heavy atom. The highest BCUT2D eigenvalue weighted by atomic mass is 16.4. The molecular formula is C15H28N6O6. The number of carbonyl (C=O) groups excluding carboxylic acids is 4. The number of hydrogen-bond acceptors (Lipinski definition) is 7. The monoisotopic (exact) mass is 388 g/mol. The second-order valence-corrected chi connectivity index (χ2v) is 5.91. The Labute approximate surface area is 156 Å². The third-order valence-electron chi connectivity index (χ3n) is 3.56. The Hall–Kier alpha value is -2.73. The van der Waals surface area contributed by atoms with Crippen molar-refractivity contribution in [3.63, 3.8) is 0 Å². The number of nitrogens with two attached hydrogens (primary N) is 3. The summed E-state index contributed by atoms with van der Waals surface area (Å²) in [6.07, 6.45) is 0.921. The first-order valence-corrected chi connectivity index (χ1v) is 8.43. The molecular weight excluding hydrogens is 360 g/mol. The highest BCUT2D eigenvalue weighted by Crippen LogP contribution is 2.02. The summed E-state index contributed by atoms with van der Waals surface area (Å²) in [4.78, 5) is 57.8. The Balaban J connectivity index is 4.86. The molecule has 0 spiro atoms. The molecule has 10 N–H and O–H groups in total. The SMILES string of the molecule is CC(NC(=O)C(CCCCN)NC(=O)CN)C(=O)NC(CC(N)=O)C(=O)O. The average molecular weight is 388 g/mol. The summed E-state index contributed by atoms with van der Waals surface area (Å²) in [6, 6.07) is -3.53. The van der Waals surface area contributed by atoms with E-state index in [1.807, 2.05) is 0 Å². The van der Waals surface area contributed by atoms with Gasteiger partial charge in [-0.1, -0.05) is 0 Å². The fourth-order valence-corrected chi connectivity index (χ4v) is 2.09. The van der Waals surface area contributed by atoms with Gasteiger partial charge in [0.05, 0.1) is 13.0 Å². The van der Waals surface area contributed by atoms with Crippen molar-refractivity contribution in [3.8, 4) is 0 Å². The molecule has 0 aromatic heterocycles. The quantitative estimate of drug-likeness (QED) is 0.156. The Morgan fingerprint density at radius 2 is 1.56 bits per heavy atom. The zero-order valence-corrected chi connectivity index (χ0v) is 15.2. The molecule has 0 saturated heterocycles. The maximum atomic E-state index is 12.3. The molecule has 0 aromatic carbocycles. The van der Waals surface area contributed by atoms with Crippen LogP contribution in [0.4, 0.5) is 0 Å². The molecule has 27 heavy (non-hydrogen) atoms. The number of carbonyl (C=O) groups is 5. The van der Waals surface area contributed by atoms with Gasteiger partial charge in [-0.2, -0.15) is 0 Å². The standard InChI is InChI=1S/C15H28N6O6/c1-8(13(24)21-10(15(26)27)6-11(18)22)19-14(25)9(4-2-3-5-16)20-12(23)7-17/h8-10H,2-7,16-17H2,1H3,(H2,18,22)(H,19,25)(H,20,23)(H,21,24)(H,26,27). The van der Waals surface area contributed by atoms with Crippen LogP contribution in [0.15, 0.2) is 0 Å². The minimum absolute atomic E-state index is 0.294. The molecule has 0 saturated carbocycles. The van der Waals surface area contributed by atoms with Crippen LogP contribution < -0.4 is 33.2 Å². The third kappa shape index (κ3) is 10.1. The van der Waals surface area contributed by atoms with Crippen LogP contribution in [0.2, 0.25) is 0 Å². The zero-order valence-electron chi connectivity index (χ0n) is 15.2. The number of hydrogen-bond donors (Lipinski definition) is 7. The number of aliphatic carboxylic acids is 1. The first kappa shape index (κ1) is 24.3. The lowest BCUT2D eigenvalue weighted by Gasteiger charge is -2.22. The highest BCUT2D eigenvalue weighted by molar-refractivity contribution is 5.94. The van der Waals surface area contributed by atoms with E-state index >= 15 is 0 Å². The van der Waals surface area contributed by atoms with E-state index in [1.54, 1.807) is 0 Å². The molecule has 3 atom stereocenters. The van der Waals surface area contributed by atoms with Crippen molar-refractivity contribution in [2.45, 2.75) is 50.7 Å². The van der Waals surface area contributed by atoms with Crippen molar-refractivity contribution >= 4 is 29.6 Å². The lowest BCUT2D eigenvalue weighted by atomic mass is 10.1. The first-order valence-electron chi connectivity index (χ1n) is 8.43. The van der Waals surface area contributed by atoms with Crippen LogP contribution in [0.5, 0.6) is 0 Å². The lowest BCUT2D eigenvalue weighted by molar-refractivity contribution is -0.143. The number of rotatable bonds is 13. The maximum Gasteiger partial charge on any atom is 0.326 e. The van der Waals surface area contributed by atoms with Gasteiger partial charge >= 0.3 is 5.97 Å². The molecule has 0 aliphatic heterocycles. The Morgan fingerprint density at radius 3 is 2.04 bits per heavy atom. The van der Waals surface area contributed by atoms with E-state index in [4.69, 9.17) is 22.3 Å². The Kier molecular flexibility index (Phi) is 11.3. The summed E-state index contributed by atoms with van der Waals surface area (Å²) >= 11 is 0. The number of carboxylic acids is 1. The van der Waals surface area contributed by atoms with E-state index in [1.165, 1.54) is 6.92 Å². The normalized spacial score (nSPS) is 13.7. The molecule has 0 bridgehead atoms. The van der Waals surface area contributed by atoms with Gasteiger partial charge in [0.25, 0.3) is 0 Å². The van der Waals surface area contributed by atoms with Crippen molar-refractivity contribution in [1.29, 1.82) is 0 Å². The van der Waals surface area contributed by atoms with Gasteiger partial charge in [0.2, 0.25) is 23.6 Å². The van der Waals surface area contributed by atoms with Crippen LogP contribution in [-0.4, -0.2) is 65.9 Å². The molecule has 0 radical (unpaired) electrons. The molecule has 12 nitrogen and oxygen atoms in total. The molecule has 0 aromatic rings. The number of carboxylic acid groups (broad SMARTS) is 1. The summed E-state index contributed by atoms with van der Waals surface area (Å²) in [5, 5.41) is 15.9. The van der Waals surface area contributed by atoms with E-state index < -0.39 is 54.1 Å². The largest absolute Gasteiger partial charge is 0.480 e. The fourth-order valence-electron chi connectivity index (χ4n) is 2.09. The van der Waals surface area contributed by atoms with Crippen LogP contribution >= 0.6 is 0 Å². The van der Waals surface area contributed by atoms with Gasteiger partial charge in [0, 0.05) is 0 Å². The van der Waals surface area contributed by atoms with Gasteiger partial charge in [-0.3, -0.25) is 19.2 Å². The molecule has 12 heteroatoms. The fraction of sp³-hybridized carbons (Fsp3) is 0.667. The van der Waals surface area contributed by atoms with Crippen molar-refractivity contribution in [2.75, 3.05) is 13.1 Å². The predicted molar refractivity (Wildman–Crippen MR) is 94.9 cm³/mol. The molecule has 3 unspecified atom stereocenters. The predicted octanol–water partition coefficient (Wildman–Crippen LogP) is -3.49. The summed E-state index contributed by atoms with van der Waals surface area (Å²) < 4.78 is 0. The van der Waals surface area contributed by atoms with E-state index in [-0.39, 0.29) is 6.54 Å². The average Bonchev–Trinajstić information content (AvgIpc) is 2.59. The van der Waals surface area contributed by atoms with Crippen LogP contribution in [0.3, 0.4) is 0 Å². The zero-order chi connectivity index (χ0) is 21.0. The second kappa shape index (κ2) is 12.6.